The van der Waals surface area contributed by atoms with Gasteiger partial charge in [-0.1, -0.05) is 55.3 Å². The van der Waals surface area contributed by atoms with E-state index in [0.717, 1.165) is 33.4 Å². The number of amides is 8. The zero-order chi connectivity index (χ0) is 58.5. The lowest BCUT2D eigenvalue weighted by atomic mass is 9.82. The second kappa shape index (κ2) is 28.3. The molecule has 0 aromatic heterocycles. The highest BCUT2D eigenvalue weighted by atomic mass is 35.5. The normalized spacial score (nSPS) is 26.5. The van der Waals surface area contributed by atoms with Crippen molar-refractivity contribution in [2.24, 2.45) is 11.8 Å². The topological polar surface area (TPSA) is 297 Å². The van der Waals surface area contributed by atoms with E-state index in [2.05, 4.69) is 21.3 Å². The van der Waals surface area contributed by atoms with Gasteiger partial charge in [-0.15, -0.1) is 11.8 Å². The summed E-state index contributed by atoms with van der Waals surface area (Å²) < 4.78 is 18.1. The number of ketones is 2. The zero-order valence-corrected chi connectivity index (χ0v) is 48.1. The Labute approximate surface area is 470 Å². The van der Waals surface area contributed by atoms with Crippen molar-refractivity contribution >= 4 is 94.0 Å². The van der Waals surface area contributed by atoms with Gasteiger partial charge in [0.1, 0.15) is 35.4 Å². The highest BCUT2D eigenvalue weighted by Gasteiger charge is 2.64. The summed E-state index contributed by atoms with van der Waals surface area (Å²) in [6.07, 6.45) is 1.67. The molecule has 0 aliphatic carbocycles. The van der Waals surface area contributed by atoms with Crippen LogP contribution in [-0.2, 0) is 68.6 Å². The van der Waals surface area contributed by atoms with Crippen LogP contribution >= 0.6 is 23.4 Å². The highest BCUT2D eigenvalue weighted by molar-refractivity contribution is 8.00. The molecule has 0 radical (unpaired) electrons. The minimum Gasteiger partial charge on any atom is -0.457 e. The Morgan fingerprint density at radius 1 is 0.937 bits per heavy atom. The Kier molecular flexibility index (Phi) is 22.8. The van der Waals surface area contributed by atoms with E-state index in [-0.39, 0.29) is 113 Å². The number of fused-ring (bicyclic) bond motifs is 5. The second-order valence-electron chi connectivity index (χ2n) is 21.1. The molecule has 1 aromatic rings. The predicted molar refractivity (Wildman–Crippen MR) is 292 cm³/mol. The van der Waals surface area contributed by atoms with Gasteiger partial charge in [0.25, 0.3) is 0 Å². The van der Waals surface area contributed by atoms with E-state index < -0.39 is 100 Å². The lowest BCUT2D eigenvalue weighted by Gasteiger charge is -2.41. The number of carbonyl (C=O) groups excluding carboxylic acids is 11. The van der Waals surface area contributed by atoms with Crippen molar-refractivity contribution in [3.05, 3.63) is 52.1 Å². The van der Waals surface area contributed by atoms with Crippen LogP contribution in [0.1, 0.15) is 116 Å². The molecule has 0 saturated carbocycles. The smallest absolute Gasteiger partial charge is 0.409 e. The molecule has 3 saturated heterocycles. The Morgan fingerprint density at radius 2 is 1.62 bits per heavy atom. The van der Waals surface area contributed by atoms with E-state index in [9.17, 15) is 57.8 Å². The lowest BCUT2D eigenvalue weighted by molar-refractivity contribution is -0.162. The summed E-state index contributed by atoms with van der Waals surface area (Å²) in [4.78, 5) is 145. The van der Waals surface area contributed by atoms with Crippen molar-refractivity contribution in [1.82, 2.24) is 31.1 Å². The van der Waals surface area contributed by atoms with Crippen LogP contribution in [0.2, 0.25) is 5.02 Å². The molecule has 4 aliphatic rings. The number of nitrogens with one attached hydrogen (secondary N) is 4. The van der Waals surface area contributed by atoms with Crippen molar-refractivity contribution in [3.8, 4) is 0 Å². The van der Waals surface area contributed by atoms with Crippen molar-refractivity contribution < 1.29 is 72.1 Å². The highest BCUT2D eigenvalue weighted by Crippen LogP contribution is 2.49. The Balaban J connectivity index is 1.12. The molecule has 5 rings (SSSR count). The SMILES string of the molecule is CNC(=O)CCNC(=O)CCC(=O)CNC(=O)CCC(=O)CCCN1C(=O)CC(SCCC(=O)N(C)[C@@H](C)C(=O)O[C@H]2CC(=O)N(C)c3cc(cc(C)c3Cl)C/C(C)=C/C=C/[C@@H](C)[C@@]3(O)C[C@H](OC(=O)N3)[C@@H](C)[C@@H]3O[C@@]23C)C1=O. The molecule has 4 aliphatic heterocycles. The van der Waals surface area contributed by atoms with Crippen LogP contribution in [0.4, 0.5) is 10.5 Å². The molecule has 1 unspecified atom stereocenters. The molecule has 79 heavy (non-hydrogen) atoms. The van der Waals surface area contributed by atoms with E-state index in [1.54, 1.807) is 33.9 Å². The number of nitrogens with zero attached hydrogens (tertiary/aromatic N) is 3. The quantitative estimate of drug-likeness (QED) is 0.0630. The fraction of sp³-hybridized carbons (Fsp3) is 0.618. The average Bonchev–Trinajstić information content (AvgIpc) is 4.25. The number of hydrogen-bond donors (Lipinski definition) is 5. The molecule has 434 valence electrons. The number of likely N-dealkylation sites (tertiary alicyclic amines) is 1. The Morgan fingerprint density at radius 3 is 2.32 bits per heavy atom. The van der Waals surface area contributed by atoms with Gasteiger partial charge in [0.15, 0.2) is 5.78 Å². The first-order valence-electron chi connectivity index (χ1n) is 26.7. The molecule has 5 N–H and O–H groups in total. The third kappa shape index (κ3) is 17.4. The maximum absolute atomic E-state index is 14.3. The summed E-state index contributed by atoms with van der Waals surface area (Å²) in [6, 6.07) is 2.61. The largest absolute Gasteiger partial charge is 0.457 e. The maximum Gasteiger partial charge on any atom is 0.409 e. The number of anilines is 1. The van der Waals surface area contributed by atoms with E-state index in [0.29, 0.717) is 17.1 Å². The summed E-state index contributed by atoms with van der Waals surface area (Å²) in [7, 11) is 4.48. The van der Waals surface area contributed by atoms with Gasteiger partial charge in [-0.3, -0.25) is 53.4 Å². The molecule has 0 spiro atoms. The van der Waals surface area contributed by atoms with E-state index >= 15 is 0 Å². The average molecular weight is 1140 g/mol. The number of aliphatic hydroxyl groups is 1. The van der Waals surface area contributed by atoms with Gasteiger partial charge in [-0.05, 0) is 57.7 Å². The number of carbonyl (C=O) groups is 11. The van der Waals surface area contributed by atoms with Gasteiger partial charge in [0, 0.05) is 110 Å². The molecule has 24 heteroatoms. The van der Waals surface area contributed by atoms with Gasteiger partial charge in [-0.2, -0.15) is 0 Å². The number of alkyl carbamates (subject to hydrolysis) is 1. The van der Waals surface area contributed by atoms with Gasteiger partial charge in [0.05, 0.1) is 35.0 Å². The summed E-state index contributed by atoms with van der Waals surface area (Å²) in [5.74, 6) is -5.42. The molecule has 4 heterocycles. The van der Waals surface area contributed by atoms with Crippen LogP contribution in [0.3, 0.4) is 0 Å². The van der Waals surface area contributed by atoms with Crippen molar-refractivity contribution in [2.45, 2.75) is 160 Å². The molecule has 1 aromatic carbocycles. The fourth-order valence-electron chi connectivity index (χ4n) is 9.61. The number of esters is 1. The number of allylic oxidation sites excluding steroid dienone is 3. The molecule has 8 amide bonds. The predicted octanol–water partition coefficient (Wildman–Crippen LogP) is 3.53. The van der Waals surface area contributed by atoms with Gasteiger partial charge in [-0.25, -0.2) is 9.59 Å². The van der Waals surface area contributed by atoms with Crippen LogP contribution in [0, 0.1) is 18.8 Å². The molecule has 4 bridgehead atoms. The molecule has 3 fully saturated rings. The lowest BCUT2D eigenvalue weighted by Crippen LogP contribution is -2.60. The third-order valence-corrected chi connectivity index (χ3v) is 16.7. The van der Waals surface area contributed by atoms with Gasteiger partial charge < -0.3 is 45.1 Å². The standard InChI is InChI=1S/C55H76ClN7O15S/c1-31-12-10-13-33(3)55(75)29-40(76-53(74)60-55)34(4)50-54(6,78-50)42(28-47(70)62(9)39-26-36(24-31)25-32(2)49(39)56)77-52(73)35(5)61(8)46(69)20-23-79-41-27-48(71)63(51(41)72)22-11-14-37(64)15-17-45(68)59-30-38(65)16-18-44(67)58-21-19-43(66)57-7/h10,12-13,25-26,33-35,40-42,50,75H,11,14-24,27-30H2,1-9H3,(H,57,66)(H,58,67)(H,59,68)(H,60,74)/b13-10+,31-12+/t33-,34-,35+,40+,41?,42+,50+,54+,55+/m1/s1. The summed E-state index contributed by atoms with van der Waals surface area (Å²) >= 11 is 7.94. The van der Waals surface area contributed by atoms with Gasteiger partial charge in [0.2, 0.25) is 41.4 Å². The van der Waals surface area contributed by atoms with Crippen LogP contribution in [-0.4, -0.2) is 167 Å². The van der Waals surface area contributed by atoms with Crippen molar-refractivity contribution in [2.75, 3.05) is 51.4 Å². The van der Waals surface area contributed by atoms with E-state index in [4.69, 9.17) is 25.8 Å². The first-order chi connectivity index (χ1) is 37.2. The summed E-state index contributed by atoms with van der Waals surface area (Å²) in [6.45, 7) is 10.3. The summed E-state index contributed by atoms with van der Waals surface area (Å²) in [5, 5.41) is 21.3. The van der Waals surface area contributed by atoms with Crippen molar-refractivity contribution in [1.29, 1.82) is 0 Å². The monoisotopic (exact) mass is 1140 g/mol. The minimum absolute atomic E-state index is 0.00309. The number of ether oxygens (including phenoxy) is 3. The zero-order valence-electron chi connectivity index (χ0n) is 46.5. The number of epoxide rings is 1. The molecule has 9 atom stereocenters. The second-order valence-corrected chi connectivity index (χ2v) is 22.8. The number of hydrogen-bond acceptors (Lipinski definition) is 16. The molecular formula is C55H76ClN7O15S. The first kappa shape index (κ1) is 63.7. The number of aryl methyl sites for hydroxylation is 1. The van der Waals surface area contributed by atoms with E-state index in [1.165, 1.54) is 30.8 Å². The van der Waals surface area contributed by atoms with Gasteiger partial charge >= 0.3 is 12.1 Å². The van der Waals surface area contributed by atoms with Crippen molar-refractivity contribution in [3.63, 3.8) is 0 Å². The third-order valence-electron chi connectivity index (χ3n) is 15.0. The Hall–Kier alpha value is -6.17. The number of benzene rings is 1. The molecular weight excluding hydrogens is 1070 g/mol. The maximum atomic E-state index is 14.3. The molecule has 22 nitrogen and oxygen atoms in total. The first-order valence-corrected chi connectivity index (χ1v) is 28.1. The number of imide groups is 1. The van der Waals surface area contributed by atoms with E-state index in [1.807, 2.05) is 38.1 Å². The fourth-order valence-corrected chi connectivity index (χ4v) is 11.0. The Bertz CT molecular complexity index is 2600. The van der Waals surface area contributed by atoms with Crippen LogP contribution in [0.25, 0.3) is 0 Å². The number of Topliss-reactive ketones (excluding diaryl/α,β-unsaturated/α-hetero) is 2. The summed E-state index contributed by atoms with van der Waals surface area (Å²) in [5.41, 5.74) is 0.0930. The minimum atomic E-state index is -1.67. The number of halogens is 1. The number of likely N-dealkylation sites (N-methyl/N-ethyl adjacent to an activating group) is 1. The van der Waals surface area contributed by atoms with Crippen LogP contribution < -0.4 is 26.2 Å². The number of thioether (sulfide) groups is 1. The van der Waals surface area contributed by atoms with Crippen LogP contribution in [0.5, 0.6) is 0 Å². The van der Waals surface area contributed by atoms with Crippen LogP contribution in [0.15, 0.2) is 35.9 Å². The number of rotatable bonds is 22.